The van der Waals surface area contributed by atoms with Crippen LogP contribution in [0.15, 0.2) is 18.2 Å². The van der Waals surface area contributed by atoms with Gasteiger partial charge in [-0.1, -0.05) is 0 Å². The first-order valence-electron chi connectivity index (χ1n) is 8.19. The fourth-order valence-corrected chi connectivity index (χ4v) is 3.16. The second kappa shape index (κ2) is 7.19. The lowest BCUT2D eigenvalue weighted by atomic mass is 10.2. The first-order chi connectivity index (χ1) is 11.2. The molecule has 126 valence electrons. The third-order valence-corrected chi connectivity index (χ3v) is 4.44. The summed E-state index contributed by atoms with van der Waals surface area (Å²) in [6.45, 7) is 3.73. The van der Waals surface area contributed by atoms with E-state index in [-0.39, 0.29) is 12.0 Å². The molecule has 0 aromatic heterocycles. The first-order valence-corrected chi connectivity index (χ1v) is 8.19. The standard InChI is InChI=1S/C17H24N2O4/c1-22-16-11-13(19-7-2-3-17(19)21)4-5-15(16)23-10-9-18-8-6-14(20)12-18/h4-5,11,14,20H,2-3,6-10,12H2,1H3. The van der Waals surface area contributed by atoms with Crippen molar-refractivity contribution >= 4 is 11.6 Å². The number of carbonyl (C=O) groups excluding carboxylic acids is 1. The molecule has 0 aliphatic carbocycles. The van der Waals surface area contributed by atoms with E-state index in [1.165, 1.54) is 0 Å². The highest BCUT2D eigenvalue weighted by Crippen LogP contribution is 2.33. The quantitative estimate of drug-likeness (QED) is 0.855. The zero-order valence-electron chi connectivity index (χ0n) is 13.5. The molecule has 23 heavy (non-hydrogen) atoms. The van der Waals surface area contributed by atoms with Crippen molar-refractivity contribution in [2.45, 2.75) is 25.4 Å². The zero-order valence-corrected chi connectivity index (χ0v) is 13.5. The van der Waals surface area contributed by atoms with Gasteiger partial charge in [0, 0.05) is 44.4 Å². The summed E-state index contributed by atoms with van der Waals surface area (Å²) < 4.78 is 11.2. The van der Waals surface area contributed by atoms with Gasteiger partial charge in [-0.15, -0.1) is 0 Å². The predicted octanol–water partition coefficient (Wildman–Crippen LogP) is 1.27. The Morgan fingerprint density at radius 3 is 2.83 bits per heavy atom. The van der Waals surface area contributed by atoms with Crippen molar-refractivity contribution in [2.24, 2.45) is 0 Å². The van der Waals surface area contributed by atoms with Crippen molar-refractivity contribution in [2.75, 3.05) is 44.8 Å². The van der Waals surface area contributed by atoms with Crippen LogP contribution in [0.5, 0.6) is 11.5 Å². The van der Waals surface area contributed by atoms with Crippen molar-refractivity contribution < 1.29 is 19.4 Å². The molecular formula is C17H24N2O4. The Labute approximate surface area is 136 Å². The maximum absolute atomic E-state index is 11.8. The number of methoxy groups -OCH3 is 1. The Hall–Kier alpha value is -1.79. The zero-order chi connectivity index (χ0) is 16.2. The van der Waals surface area contributed by atoms with Gasteiger partial charge in [0.15, 0.2) is 11.5 Å². The lowest BCUT2D eigenvalue weighted by Gasteiger charge is -2.19. The second-order valence-electron chi connectivity index (χ2n) is 6.08. The number of hydrogen-bond donors (Lipinski definition) is 1. The topological polar surface area (TPSA) is 62.2 Å². The average Bonchev–Trinajstić information content (AvgIpc) is 3.16. The third-order valence-electron chi connectivity index (χ3n) is 4.44. The number of carbonyl (C=O) groups is 1. The van der Waals surface area contributed by atoms with Crippen molar-refractivity contribution in [3.05, 3.63) is 18.2 Å². The van der Waals surface area contributed by atoms with E-state index in [4.69, 9.17) is 9.47 Å². The molecule has 1 unspecified atom stereocenters. The van der Waals surface area contributed by atoms with Gasteiger partial charge in [0.2, 0.25) is 5.91 Å². The van der Waals surface area contributed by atoms with Crippen LogP contribution in [0.1, 0.15) is 19.3 Å². The Bertz CT molecular complexity index is 564. The molecule has 2 aliphatic heterocycles. The van der Waals surface area contributed by atoms with E-state index in [9.17, 15) is 9.90 Å². The molecule has 1 N–H and O–H groups in total. The van der Waals surface area contributed by atoms with Crippen LogP contribution in [0.25, 0.3) is 0 Å². The monoisotopic (exact) mass is 320 g/mol. The highest BCUT2D eigenvalue weighted by molar-refractivity contribution is 5.95. The summed E-state index contributed by atoms with van der Waals surface area (Å²) in [5.41, 5.74) is 0.861. The van der Waals surface area contributed by atoms with Crippen LogP contribution in [-0.4, -0.2) is 61.9 Å². The number of β-amino-alcohol motifs (C(OH)–C–C–N with tert-alkyl or cyclic N) is 1. The summed E-state index contributed by atoms with van der Waals surface area (Å²) >= 11 is 0. The Kier molecular flexibility index (Phi) is 5.03. The van der Waals surface area contributed by atoms with E-state index in [1.54, 1.807) is 12.0 Å². The predicted molar refractivity (Wildman–Crippen MR) is 87.1 cm³/mol. The van der Waals surface area contributed by atoms with E-state index in [0.717, 1.165) is 44.7 Å². The van der Waals surface area contributed by atoms with E-state index < -0.39 is 0 Å². The normalized spacial score (nSPS) is 21.9. The maximum Gasteiger partial charge on any atom is 0.227 e. The minimum Gasteiger partial charge on any atom is -0.493 e. The summed E-state index contributed by atoms with van der Waals surface area (Å²) in [5.74, 6) is 1.49. The van der Waals surface area contributed by atoms with Gasteiger partial charge in [0.1, 0.15) is 6.61 Å². The van der Waals surface area contributed by atoms with Gasteiger partial charge in [0.05, 0.1) is 13.2 Å². The number of rotatable bonds is 6. The smallest absolute Gasteiger partial charge is 0.227 e. The summed E-state index contributed by atoms with van der Waals surface area (Å²) in [5, 5.41) is 9.52. The van der Waals surface area contributed by atoms with Gasteiger partial charge in [0.25, 0.3) is 0 Å². The number of likely N-dealkylation sites (tertiary alicyclic amines) is 1. The number of aliphatic hydroxyl groups excluding tert-OH is 1. The van der Waals surface area contributed by atoms with Crippen molar-refractivity contribution in [3.63, 3.8) is 0 Å². The molecule has 0 bridgehead atoms. The van der Waals surface area contributed by atoms with Crippen molar-refractivity contribution in [1.82, 2.24) is 4.90 Å². The van der Waals surface area contributed by atoms with E-state index in [1.807, 2.05) is 18.2 Å². The molecule has 6 heteroatoms. The Balaban J connectivity index is 1.59. The van der Waals surface area contributed by atoms with Gasteiger partial charge < -0.3 is 19.5 Å². The molecule has 2 saturated heterocycles. The van der Waals surface area contributed by atoms with Crippen molar-refractivity contribution in [1.29, 1.82) is 0 Å². The van der Waals surface area contributed by atoms with Gasteiger partial charge in [-0.3, -0.25) is 9.69 Å². The minimum atomic E-state index is -0.207. The highest BCUT2D eigenvalue weighted by atomic mass is 16.5. The molecule has 2 aliphatic rings. The number of ether oxygens (including phenoxy) is 2. The number of nitrogens with zero attached hydrogens (tertiary/aromatic N) is 2. The van der Waals surface area contributed by atoms with Crippen LogP contribution in [0, 0.1) is 0 Å². The van der Waals surface area contributed by atoms with E-state index >= 15 is 0 Å². The molecule has 1 aromatic carbocycles. The first kappa shape index (κ1) is 16.1. The van der Waals surface area contributed by atoms with Gasteiger partial charge in [-0.05, 0) is 25.0 Å². The Morgan fingerprint density at radius 2 is 2.17 bits per heavy atom. The Morgan fingerprint density at radius 1 is 1.30 bits per heavy atom. The number of anilines is 1. The molecule has 1 aromatic rings. The summed E-state index contributed by atoms with van der Waals surface area (Å²) in [4.78, 5) is 15.8. The van der Waals surface area contributed by atoms with Crippen LogP contribution in [-0.2, 0) is 4.79 Å². The molecule has 2 fully saturated rings. The fraction of sp³-hybridized carbons (Fsp3) is 0.588. The van der Waals surface area contributed by atoms with Gasteiger partial charge in [-0.2, -0.15) is 0 Å². The molecule has 0 saturated carbocycles. The SMILES string of the molecule is COc1cc(N2CCCC2=O)ccc1OCCN1CCC(O)C1. The summed E-state index contributed by atoms with van der Waals surface area (Å²) in [6, 6.07) is 5.62. The second-order valence-corrected chi connectivity index (χ2v) is 6.08. The van der Waals surface area contributed by atoms with Crippen LogP contribution < -0.4 is 14.4 Å². The highest BCUT2D eigenvalue weighted by Gasteiger charge is 2.23. The van der Waals surface area contributed by atoms with Crippen LogP contribution in [0.3, 0.4) is 0 Å². The molecule has 1 atom stereocenters. The van der Waals surface area contributed by atoms with Gasteiger partial charge >= 0.3 is 0 Å². The largest absolute Gasteiger partial charge is 0.493 e. The number of amides is 1. The van der Waals surface area contributed by atoms with Crippen molar-refractivity contribution in [3.8, 4) is 11.5 Å². The summed E-state index contributed by atoms with van der Waals surface area (Å²) in [7, 11) is 1.61. The molecule has 1 amide bonds. The summed E-state index contributed by atoms with van der Waals surface area (Å²) in [6.07, 6.45) is 2.15. The van der Waals surface area contributed by atoms with Gasteiger partial charge in [-0.25, -0.2) is 0 Å². The van der Waals surface area contributed by atoms with Crippen LogP contribution in [0.2, 0.25) is 0 Å². The van der Waals surface area contributed by atoms with E-state index in [0.29, 0.717) is 24.5 Å². The third kappa shape index (κ3) is 3.76. The lowest BCUT2D eigenvalue weighted by molar-refractivity contribution is -0.117. The maximum atomic E-state index is 11.8. The molecule has 2 heterocycles. The average molecular weight is 320 g/mol. The molecule has 0 spiro atoms. The lowest BCUT2D eigenvalue weighted by Crippen LogP contribution is -2.27. The van der Waals surface area contributed by atoms with Crippen LogP contribution >= 0.6 is 0 Å². The van der Waals surface area contributed by atoms with E-state index in [2.05, 4.69) is 4.90 Å². The minimum absolute atomic E-state index is 0.160. The fourth-order valence-electron chi connectivity index (χ4n) is 3.16. The number of benzene rings is 1. The molecular weight excluding hydrogens is 296 g/mol. The molecule has 0 radical (unpaired) electrons. The molecule has 3 rings (SSSR count). The number of aliphatic hydroxyl groups is 1. The molecule has 6 nitrogen and oxygen atoms in total. The van der Waals surface area contributed by atoms with Crippen LogP contribution in [0.4, 0.5) is 5.69 Å². The number of hydrogen-bond acceptors (Lipinski definition) is 5.